The molecule has 1 N–H and O–H groups in total. The first-order chi connectivity index (χ1) is 10.3. The summed E-state index contributed by atoms with van der Waals surface area (Å²) in [6, 6.07) is 11.8. The van der Waals surface area contributed by atoms with Gasteiger partial charge in [-0.05, 0) is 30.2 Å². The van der Waals surface area contributed by atoms with Gasteiger partial charge in [-0.3, -0.25) is 4.90 Å². The Morgan fingerprint density at radius 2 is 1.68 bits per heavy atom. The molecule has 2 aromatic carbocycles. The fraction of sp³-hybridized carbons (Fsp3) is 0.188. The maximum Gasteiger partial charge on any atom is 0.485 e. The van der Waals surface area contributed by atoms with E-state index in [1.165, 1.54) is 12.1 Å². The van der Waals surface area contributed by atoms with Crippen LogP contribution in [0, 0.1) is 6.92 Å². The van der Waals surface area contributed by atoms with Gasteiger partial charge in [0.15, 0.2) is 0 Å². The topological polar surface area (TPSA) is 40.5 Å². The van der Waals surface area contributed by atoms with Gasteiger partial charge in [0.25, 0.3) is 0 Å². The molecule has 0 saturated heterocycles. The highest BCUT2D eigenvalue weighted by Crippen LogP contribution is 2.33. The molecule has 0 aliphatic carbocycles. The standard InChI is InChI=1S/C16H14F3NO2/c1-11-6-2-3-7-12(11)10-20(16(17,18)19)14-9-5-4-8-13(14)15(21)22/h2-9H,10H2,1H3,(H,21,22). The molecule has 2 rings (SSSR count). The number of rotatable bonds is 4. The number of hydrogen-bond donors (Lipinski definition) is 1. The number of aromatic carboxylic acids is 1. The number of benzene rings is 2. The van der Waals surface area contributed by atoms with E-state index in [0.717, 1.165) is 12.1 Å². The monoisotopic (exact) mass is 309 g/mol. The maximum absolute atomic E-state index is 13.4. The average molecular weight is 309 g/mol. The molecule has 0 aliphatic rings. The van der Waals surface area contributed by atoms with E-state index in [1.54, 1.807) is 31.2 Å². The molecule has 0 aliphatic heterocycles. The van der Waals surface area contributed by atoms with Crippen LogP contribution in [0.5, 0.6) is 0 Å². The Morgan fingerprint density at radius 1 is 1.09 bits per heavy atom. The molecule has 0 unspecified atom stereocenters. The maximum atomic E-state index is 13.4. The Balaban J connectivity index is 2.49. The number of hydrogen-bond acceptors (Lipinski definition) is 2. The van der Waals surface area contributed by atoms with E-state index in [1.807, 2.05) is 0 Å². The number of anilines is 1. The van der Waals surface area contributed by atoms with Gasteiger partial charge in [0.2, 0.25) is 0 Å². The van der Waals surface area contributed by atoms with E-state index in [0.29, 0.717) is 11.1 Å². The van der Waals surface area contributed by atoms with E-state index in [-0.39, 0.29) is 16.2 Å². The Morgan fingerprint density at radius 3 is 2.27 bits per heavy atom. The minimum atomic E-state index is -4.69. The van der Waals surface area contributed by atoms with E-state index in [2.05, 4.69) is 0 Å². The minimum absolute atomic E-state index is 0.152. The van der Waals surface area contributed by atoms with Crippen molar-refractivity contribution >= 4 is 11.7 Å². The van der Waals surface area contributed by atoms with E-state index >= 15 is 0 Å². The van der Waals surface area contributed by atoms with Gasteiger partial charge in [-0.2, -0.15) is 13.2 Å². The van der Waals surface area contributed by atoms with Crippen LogP contribution in [0.1, 0.15) is 21.5 Å². The summed E-state index contributed by atoms with van der Waals surface area (Å²) < 4.78 is 40.2. The average Bonchev–Trinajstić information content (AvgIpc) is 2.45. The SMILES string of the molecule is Cc1ccccc1CN(c1ccccc1C(=O)O)C(F)(F)F. The van der Waals surface area contributed by atoms with Crippen molar-refractivity contribution in [2.75, 3.05) is 4.90 Å². The van der Waals surface area contributed by atoms with Crippen LogP contribution in [-0.4, -0.2) is 17.4 Å². The molecule has 0 amide bonds. The summed E-state index contributed by atoms with van der Waals surface area (Å²) in [6.07, 6.45) is -4.69. The molecule has 0 aromatic heterocycles. The predicted octanol–water partition coefficient (Wildman–Crippen LogP) is 4.22. The Labute approximate surface area is 125 Å². The van der Waals surface area contributed by atoms with Gasteiger partial charge in [0.05, 0.1) is 17.8 Å². The molecule has 0 atom stereocenters. The van der Waals surface area contributed by atoms with Crippen LogP contribution in [-0.2, 0) is 6.54 Å². The molecule has 0 saturated carbocycles. The summed E-state index contributed by atoms with van der Waals surface area (Å²) in [5.41, 5.74) is 0.448. The van der Waals surface area contributed by atoms with Gasteiger partial charge >= 0.3 is 12.3 Å². The molecule has 0 fully saturated rings. The number of para-hydroxylation sites is 1. The molecule has 116 valence electrons. The third-order valence-corrected chi connectivity index (χ3v) is 3.32. The lowest BCUT2D eigenvalue weighted by Crippen LogP contribution is -2.38. The summed E-state index contributed by atoms with van der Waals surface area (Å²) in [5.74, 6) is -1.39. The summed E-state index contributed by atoms with van der Waals surface area (Å²) in [7, 11) is 0. The van der Waals surface area contributed by atoms with Crippen LogP contribution in [0.15, 0.2) is 48.5 Å². The third-order valence-electron chi connectivity index (χ3n) is 3.32. The Bertz CT molecular complexity index is 683. The second kappa shape index (κ2) is 6.09. The highest BCUT2D eigenvalue weighted by Gasteiger charge is 2.39. The van der Waals surface area contributed by atoms with Crippen LogP contribution in [0.2, 0.25) is 0 Å². The summed E-state index contributed by atoms with van der Waals surface area (Å²) in [6.45, 7) is 1.27. The van der Waals surface area contributed by atoms with Crippen molar-refractivity contribution in [3.63, 3.8) is 0 Å². The van der Waals surface area contributed by atoms with Gasteiger partial charge in [0.1, 0.15) is 0 Å². The van der Waals surface area contributed by atoms with Crippen molar-refractivity contribution in [1.82, 2.24) is 0 Å². The fourth-order valence-electron chi connectivity index (χ4n) is 2.16. The van der Waals surface area contributed by atoms with Gasteiger partial charge < -0.3 is 5.11 Å². The van der Waals surface area contributed by atoms with Crippen LogP contribution in [0.3, 0.4) is 0 Å². The molecule has 0 bridgehead atoms. The van der Waals surface area contributed by atoms with Crippen LogP contribution >= 0.6 is 0 Å². The number of carboxylic acids is 1. The Hall–Kier alpha value is -2.50. The van der Waals surface area contributed by atoms with Gasteiger partial charge in [-0.25, -0.2) is 4.79 Å². The first-order valence-corrected chi connectivity index (χ1v) is 6.52. The zero-order chi connectivity index (χ0) is 16.3. The van der Waals surface area contributed by atoms with Crippen molar-refractivity contribution in [3.8, 4) is 0 Å². The number of aryl methyl sites for hydroxylation is 1. The van der Waals surface area contributed by atoms with Crippen LogP contribution in [0.25, 0.3) is 0 Å². The van der Waals surface area contributed by atoms with Crippen molar-refractivity contribution in [3.05, 3.63) is 65.2 Å². The molecule has 6 heteroatoms. The fourth-order valence-corrected chi connectivity index (χ4v) is 2.16. The van der Waals surface area contributed by atoms with E-state index < -0.39 is 18.8 Å². The van der Waals surface area contributed by atoms with E-state index in [9.17, 15) is 18.0 Å². The lowest BCUT2D eigenvalue weighted by atomic mass is 10.1. The largest absolute Gasteiger partial charge is 0.485 e. The molecule has 2 aromatic rings. The second-order valence-corrected chi connectivity index (χ2v) is 4.80. The zero-order valence-corrected chi connectivity index (χ0v) is 11.8. The van der Waals surface area contributed by atoms with Crippen molar-refractivity contribution in [2.45, 2.75) is 19.8 Å². The molecular formula is C16H14F3NO2. The van der Waals surface area contributed by atoms with Gasteiger partial charge in [0, 0.05) is 0 Å². The molecule has 0 heterocycles. The number of carbonyl (C=O) groups is 1. The lowest BCUT2D eigenvalue weighted by Gasteiger charge is -2.28. The summed E-state index contributed by atoms with van der Waals surface area (Å²) in [4.78, 5) is 11.3. The third kappa shape index (κ3) is 3.39. The predicted molar refractivity (Wildman–Crippen MR) is 76.8 cm³/mol. The summed E-state index contributed by atoms with van der Waals surface area (Å²) in [5, 5.41) is 9.11. The first kappa shape index (κ1) is 15.9. The van der Waals surface area contributed by atoms with Crippen molar-refractivity contribution < 1.29 is 23.1 Å². The highest BCUT2D eigenvalue weighted by molar-refractivity contribution is 5.94. The molecular weight excluding hydrogens is 295 g/mol. The van der Waals surface area contributed by atoms with E-state index in [4.69, 9.17) is 5.11 Å². The molecule has 0 spiro atoms. The molecule has 22 heavy (non-hydrogen) atoms. The molecule has 3 nitrogen and oxygen atoms in total. The number of nitrogens with zero attached hydrogens (tertiary/aromatic N) is 1. The zero-order valence-electron chi connectivity index (χ0n) is 11.8. The quantitative estimate of drug-likeness (QED) is 0.860. The van der Waals surface area contributed by atoms with Crippen LogP contribution < -0.4 is 4.90 Å². The van der Waals surface area contributed by atoms with Gasteiger partial charge in [-0.1, -0.05) is 36.4 Å². The van der Waals surface area contributed by atoms with Crippen molar-refractivity contribution in [1.29, 1.82) is 0 Å². The minimum Gasteiger partial charge on any atom is -0.478 e. The highest BCUT2D eigenvalue weighted by atomic mass is 19.4. The smallest absolute Gasteiger partial charge is 0.478 e. The van der Waals surface area contributed by atoms with Gasteiger partial charge in [-0.15, -0.1) is 0 Å². The van der Waals surface area contributed by atoms with Crippen LogP contribution in [0.4, 0.5) is 18.9 Å². The van der Waals surface area contributed by atoms with Crippen molar-refractivity contribution in [2.24, 2.45) is 0 Å². The lowest BCUT2D eigenvalue weighted by molar-refractivity contribution is -0.130. The normalized spacial score (nSPS) is 11.3. The number of alkyl halides is 3. The Kier molecular flexibility index (Phi) is 4.40. The molecule has 0 radical (unpaired) electrons. The number of carboxylic acid groups (broad SMARTS) is 1. The summed E-state index contributed by atoms with van der Waals surface area (Å²) >= 11 is 0. The first-order valence-electron chi connectivity index (χ1n) is 6.52. The second-order valence-electron chi connectivity index (χ2n) is 4.80. The number of halogens is 3.